The van der Waals surface area contributed by atoms with Gasteiger partial charge in [0.25, 0.3) is 5.91 Å². The number of anilines is 1. The van der Waals surface area contributed by atoms with Crippen LogP contribution in [0.1, 0.15) is 17.6 Å². The fourth-order valence-electron chi connectivity index (χ4n) is 2.75. The summed E-state index contributed by atoms with van der Waals surface area (Å²) in [6.45, 7) is 4.32. The Bertz CT molecular complexity index is 1080. The van der Waals surface area contributed by atoms with Crippen LogP contribution in [0.15, 0.2) is 41.3 Å². The van der Waals surface area contributed by atoms with Crippen molar-refractivity contribution in [1.29, 1.82) is 0 Å². The van der Waals surface area contributed by atoms with Crippen LogP contribution in [0.2, 0.25) is 0 Å². The van der Waals surface area contributed by atoms with Gasteiger partial charge in [-0.05, 0) is 37.6 Å². The second-order valence-corrected chi connectivity index (χ2v) is 7.57. The topological polar surface area (TPSA) is 105 Å². The molecular formula is C21H24N4O5S. The van der Waals surface area contributed by atoms with E-state index < -0.39 is 5.91 Å². The Balaban J connectivity index is 1.56. The highest BCUT2D eigenvalue weighted by molar-refractivity contribution is 7.15. The standard InChI is InChI=1S/C21H24N4O5S/c1-4-19-23-24-21(31-19)22-18(27)13-30-20-14(2)25(10-9-17(20)26)11-12-29-16-7-5-15(28-3)6-8-16/h5-10H,4,11-13H2,1-3H3,(H,22,24,27). The fraction of sp³-hybridized carbons (Fsp3) is 0.333. The highest BCUT2D eigenvalue weighted by Crippen LogP contribution is 2.18. The number of pyridine rings is 1. The van der Waals surface area contributed by atoms with Gasteiger partial charge in [-0.25, -0.2) is 0 Å². The predicted octanol–water partition coefficient (Wildman–Crippen LogP) is 2.68. The van der Waals surface area contributed by atoms with Gasteiger partial charge in [0.15, 0.2) is 12.4 Å². The van der Waals surface area contributed by atoms with Gasteiger partial charge in [-0.2, -0.15) is 0 Å². The first kappa shape index (κ1) is 22.3. The molecule has 0 saturated carbocycles. The number of nitrogens with zero attached hydrogens (tertiary/aromatic N) is 3. The molecule has 2 aromatic heterocycles. The third-order valence-corrected chi connectivity index (χ3v) is 5.40. The number of methoxy groups -OCH3 is 1. The summed E-state index contributed by atoms with van der Waals surface area (Å²) in [5, 5.41) is 11.7. The van der Waals surface area contributed by atoms with Crippen LogP contribution in [0.25, 0.3) is 0 Å². The molecule has 0 aliphatic carbocycles. The van der Waals surface area contributed by atoms with Crippen molar-refractivity contribution in [1.82, 2.24) is 14.8 Å². The lowest BCUT2D eigenvalue weighted by atomic mass is 10.3. The van der Waals surface area contributed by atoms with E-state index in [1.165, 1.54) is 17.4 Å². The van der Waals surface area contributed by atoms with E-state index in [1.54, 1.807) is 20.2 Å². The van der Waals surface area contributed by atoms with Crippen molar-refractivity contribution in [3.8, 4) is 17.2 Å². The zero-order valence-electron chi connectivity index (χ0n) is 17.6. The number of amides is 1. The van der Waals surface area contributed by atoms with Gasteiger partial charge in [0.2, 0.25) is 10.6 Å². The summed E-state index contributed by atoms with van der Waals surface area (Å²) in [6.07, 6.45) is 2.42. The van der Waals surface area contributed by atoms with Crippen molar-refractivity contribution in [2.24, 2.45) is 0 Å². The fourth-order valence-corrected chi connectivity index (χ4v) is 3.44. The molecule has 0 bridgehead atoms. The molecule has 0 unspecified atom stereocenters. The highest BCUT2D eigenvalue weighted by atomic mass is 32.1. The molecule has 164 valence electrons. The number of hydrogen-bond donors (Lipinski definition) is 1. The van der Waals surface area contributed by atoms with Crippen LogP contribution in [0.3, 0.4) is 0 Å². The maximum Gasteiger partial charge on any atom is 0.264 e. The Morgan fingerprint density at radius 2 is 1.87 bits per heavy atom. The van der Waals surface area contributed by atoms with Crippen LogP contribution in [0.5, 0.6) is 17.2 Å². The molecule has 0 atom stereocenters. The number of aromatic nitrogens is 3. The normalized spacial score (nSPS) is 10.5. The second kappa shape index (κ2) is 10.6. The number of nitrogens with one attached hydrogen (secondary N) is 1. The lowest BCUT2D eigenvalue weighted by Gasteiger charge is -2.15. The van der Waals surface area contributed by atoms with E-state index in [0.29, 0.717) is 24.0 Å². The molecule has 0 aliphatic rings. The van der Waals surface area contributed by atoms with E-state index in [4.69, 9.17) is 14.2 Å². The van der Waals surface area contributed by atoms with Gasteiger partial charge in [-0.15, -0.1) is 10.2 Å². The third kappa shape index (κ3) is 6.05. The number of hydrogen-bond acceptors (Lipinski definition) is 8. The van der Waals surface area contributed by atoms with Crippen LogP contribution < -0.4 is 25.0 Å². The minimum Gasteiger partial charge on any atom is -0.497 e. The van der Waals surface area contributed by atoms with Crippen molar-refractivity contribution < 1.29 is 19.0 Å². The van der Waals surface area contributed by atoms with Gasteiger partial charge in [-0.1, -0.05) is 18.3 Å². The highest BCUT2D eigenvalue weighted by Gasteiger charge is 2.13. The molecule has 0 saturated heterocycles. The number of benzene rings is 1. The van der Waals surface area contributed by atoms with Gasteiger partial charge in [0.05, 0.1) is 19.3 Å². The minimum absolute atomic E-state index is 0.133. The van der Waals surface area contributed by atoms with Gasteiger partial charge in [0, 0.05) is 12.3 Å². The van der Waals surface area contributed by atoms with E-state index in [9.17, 15) is 9.59 Å². The molecule has 9 nitrogen and oxygen atoms in total. The van der Waals surface area contributed by atoms with E-state index in [2.05, 4.69) is 15.5 Å². The Morgan fingerprint density at radius 1 is 1.13 bits per heavy atom. The SMILES string of the molecule is CCc1nnc(NC(=O)COc2c(C)n(CCOc3ccc(OC)cc3)ccc2=O)s1. The van der Waals surface area contributed by atoms with E-state index >= 15 is 0 Å². The van der Waals surface area contributed by atoms with Crippen LogP contribution in [0, 0.1) is 6.92 Å². The van der Waals surface area contributed by atoms with Crippen molar-refractivity contribution in [2.45, 2.75) is 26.8 Å². The van der Waals surface area contributed by atoms with Crippen LogP contribution in [-0.4, -0.2) is 41.0 Å². The minimum atomic E-state index is -0.407. The largest absolute Gasteiger partial charge is 0.497 e. The summed E-state index contributed by atoms with van der Waals surface area (Å²) in [6, 6.07) is 8.70. The number of carbonyl (C=O) groups excluding carboxylic acids is 1. The Labute approximate surface area is 183 Å². The average molecular weight is 445 g/mol. The molecule has 1 amide bonds. The second-order valence-electron chi connectivity index (χ2n) is 6.50. The van der Waals surface area contributed by atoms with Gasteiger partial charge in [0.1, 0.15) is 23.1 Å². The first-order valence-electron chi connectivity index (χ1n) is 9.72. The molecule has 2 heterocycles. The summed E-state index contributed by atoms with van der Waals surface area (Å²) >= 11 is 1.30. The van der Waals surface area contributed by atoms with Gasteiger partial charge in [-0.3, -0.25) is 14.9 Å². The van der Waals surface area contributed by atoms with E-state index in [1.807, 2.05) is 35.8 Å². The molecule has 0 radical (unpaired) electrons. The predicted molar refractivity (Wildman–Crippen MR) is 117 cm³/mol. The van der Waals surface area contributed by atoms with Gasteiger partial charge >= 0.3 is 0 Å². The molecule has 10 heteroatoms. The van der Waals surface area contributed by atoms with Crippen molar-refractivity contribution >= 4 is 22.4 Å². The molecule has 31 heavy (non-hydrogen) atoms. The number of aryl methyl sites for hydroxylation is 1. The maximum atomic E-state index is 12.2. The van der Waals surface area contributed by atoms with E-state index in [-0.39, 0.29) is 17.8 Å². The van der Waals surface area contributed by atoms with Gasteiger partial charge < -0.3 is 18.8 Å². The smallest absolute Gasteiger partial charge is 0.264 e. The molecule has 1 N–H and O–H groups in total. The summed E-state index contributed by atoms with van der Waals surface area (Å²) in [7, 11) is 1.61. The molecule has 0 fully saturated rings. The quantitative estimate of drug-likeness (QED) is 0.513. The number of carbonyl (C=O) groups is 1. The molecular weight excluding hydrogens is 420 g/mol. The summed E-state index contributed by atoms with van der Waals surface area (Å²) in [5.41, 5.74) is 0.324. The maximum absolute atomic E-state index is 12.2. The zero-order chi connectivity index (χ0) is 22.2. The Morgan fingerprint density at radius 3 is 2.55 bits per heavy atom. The zero-order valence-corrected chi connectivity index (χ0v) is 18.4. The van der Waals surface area contributed by atoms with Crippen LogP contribution >= 0.6 is 11.3 Å². The van der Waals surface area contributed by atoms with Crippen LogP contribution in [-0.2, 0) is 17.8 Å². The van der Waals surface area contributed by atoms with Crippen molar-refractivity contribution in [3.63, 3.8) is 0 Å². The van der Waals surface area contributed by atoms with Crippen molar-refractivity contribution in [2.75, 3.05) is 25.6 Å². The monoisotopic (exact) mass is 444 g/mol. The van der Waals surface area contributed by atoms with Crippen molar-refractivity contribution in [3.05, 3.63) is 57.5 Å². The number of rotatable bonds is 10. The summed E-state index contributed by atoms with van der Waals surface area (Å²) in [5.74, 6) is 1.20. The molecule has 3 aromatic rings. The lowest BCUT2D eigenvalue weighted by Crippen LogP contribution is -2.24. The van der Waals surface area contributed by atoms with Crippen LogP contribution in [0.4, 0.5) is 5.13 Å². The molecule has 3 rings (SSSR count). The lowest BCUT2D eigenvalue weighted by molar-refractivity contribution is -0.118. The third-order valence-electron chi connectivity index (χ3n) is 4.41. The first-order valence-corrected chi connectivity index (χ1v) is 10.5. The molecule has 1 aromatic carbocycles. The molecule has 0 aliphatic heterocycles. The molecule has 0 spiro atoms. The first-order chi connectivity index (χ1) is 15.0. The summed E-state index contributed by atoms with van der Waals surface area (Å²) in [4.78, 5) is 24.4. The average Bonchev–Trinajstić information content (AvgIpc) is 3.23. The number of ether oxygens (including phenoxy) is 3. The van der Waals surface area contributed by atoms with E-state index in [0.717, 1.165) is 22.9 Å². The summed E-state index contributed by atoms with van der Waals surface area (Å²) < 4.78 is 18.2. The Hall–Kier alpha value is -3.40. The Kier molecular flexibility index (Phi) is 7.60.